The normalized spacial score (nSPS) is 17.0. The smallest absolute Gasteiger partial charge is 0.267 e. The first-order valence-electron chi connectivity index (χ1n) is 7.90. The van der Waals surface area contributed by atoms with Crippen molar-refractivity contribution < 1.29 is 17.9 Å². The van der Waals surface area contributed by atoms with Gasteiger partial charge in [-0.15, -0.1) is 0 Å². The number of rotatable bonds is 4. The molecule has 1 amide bonds. The van der Waals surface area contributed by atoms with E-state index in [2.05, 4.69) is 21.2 Å². The molecule has 1 aliphatic heterocycles. The average molecular weight is 437 g/mol. The van der Waals surface area contributed by atoms with Gasteiger partial charge in [0.05, 0.1) is 17.3 Å². The molecule has 1 heterocycles. The van der Waals surface area contributed by atoms with Gasteiger partial charge in [-0.2, -0.15) is 0 Å². The molecule has 0 saturated heterocycles. The van der Waals surface area contributed by atoms with E-state index in [1.54, 1.807) is 12.1 Å². The first-order chi connectivity index (χ1) is 12.4. The summed E-state index contributed by atoms with van der Waals surface area (Å²) in [5.41, 5.74) is 1.45. The monoisotopic (exact) mass is 436 g/mol. The van der Waals surface area contributed by atoms with Crippen LogP contribution >= 0.6 is 15.9 Å². The molecule has 0 saturated carbocycles. The van der Waals surface area contributed by atoms with E-state index in [9.17, 15) is 13.2 Å². The lowest BCUT2D eigenvalue weighted by Crippen LogP contribution is -2.23. The van der Waals surface area contributed by atoms with Gasteiger partial charge >= 0.3 is 0 Å². The summed E-state index contributed by atoms with van der Waals surface area (Å²) in [6.07, 6.45) is 9.77. The van der Waals surface area contributed by atoms with Gasteiger partial charge in [-0.3, -0.25) is 4.79 Å². The quantitative estimate of drug-likeness (QED) is 0.774. The molecule has 1 aliphatic carbocycles. The molecular formula is C18H17BrN2O4S. The number of anilines is 1. The van der Waals surface area contributed by atoms with Crippen molar-refractivity contribution in [3.8, 4) is 0 Å². The molecule has 8 heteroatoms. The summed E-state index contributed by atoms with van der Waals surface area (Å²) in [4.78, 5) is 11.2. The molecule has 136 valence electrons. The van der Waals surface area contributed by atoms with Gasteiger partial charge in [0, 0.05) is 22.7 Å². The Kier molecular flexibility index (Phi) is 5.33. The van der Waals surface area contributed by atoms with Gasteiger partial charge in [0.25, 0.3) is 10.0 Å². The Bertz CT molecular complexity index is 944. The standard InChI is InChI=1S/C18H17BrN2O4S/c1-13(22)20-14-6-8-15(9-7-14)26(23,24)21-10-11-25-18(12-21)16-4-2-3-5-17(16)19/h3,5-12H,2,4H2,1H3,(H,20,22). The highest BCUT2D eigenvalue weighted by Crippen LogP contribution is 2.32. The van der Waals surface area contributed by atoms with Crippen LogP contribution in [0.1, 0.15) is 19.8 Å². The van der Waals surface area contributed by atoms with Gasteiger partial charge in [-0.25, -0.2) is 12.7 Å². The highest BCUT2D eigenvalue weighted by Gasteiger charge is 2.25. The van der Waals surface area contributed by atoms with Crippen molar-refractivity contribution in [2.75, 3.05) is 5.32 Å². The van der Waals surface area contributed by atoms with Crippen LogP contribution < -0.4 is 5.32 Å². The highest BCUT2D eigenvalue weighted by molar-refractivity contribution is 9.11. The predicted molar refractivity (Wildman–Crippen MR) is 102 cm³/mol. The SMILES string of the molecule is CC(=O)Nc1ccc(S(=O)(=O)N2C=COC(C3=C(Br)C=CCC3)=C2)cc1. The number of allylic oxidation sites excluding steroid dienone is 4. The average Bonchev–Trinajstić information content (AvgIpc) is 2.62. The number of hydrogen-bond acceptors (Lipinski definition) is 4. The summed E-state index contributed by atoms with van der Waals surface area (Å²) in [7, 11) is -3.77. The molecule has 0 unspecified atom stereocenters. The van der Waals surface area contributed by atoms with Gasteiger partial charge in [0.15, 0.2) is 0 Å². The van der Waals surface area contributed by atoms with E-state index in [0.717, 1.165) is 27.2 Å². The Hall–Kier alpha value is -2.32. The number of hydrogen-bond donors (Lipinski definition) is 1. The maximum atomic E-state index is 12.9. The van der Waals surface area contributed by atoms with Crippen molar-refractivity contribution in [1.82, 2.24) is 4.31 Å². The number of benzene rings is 1. The fourth-order valence-corrected chi connectivity index (χ4v) is 4.31. The van der Waals surface area contributed by atoms with E-state index >= 15 is 0 Å². The number of amides is 1. The molecule has 3 rings (SSSR count). The van der Waals surface area contributed by atoms with Crippen LogP contribution in [0.5, 0.6) is 0 Å². The number of sulfonamides is 1. The van der Waals surface area contributed by atoms with Gasteiger partial charge in [0.1, 0.15) is 12.0 Å². The van der Waals surface area contributed by atoms with Gasteiger partial charge in [-0.05, 0) is 37.1 Å². The zero-order valence-corrected chi connectivity index (χ0v) is 16.4. The minimum absolute atomic E-state index is 0.116. The first kappa shape index (κ1) is 18.5. The van der Waals surface area contributed by atoms with E-state index < -0.39 is 10.0 Å². The van der Waals surface area contributed by atoms with Crippen LogP contribution in [0.4, 0.5) is 5.69 Å². The number of carbonyl (C=O) groups is 1. The summed E-state index contributed by atoms with van der Waals surface area (Å²) >= 11 is 3.48. The van der Waals surface area contributed by atoms with Crippen LogP contribution in [0.3, 0.4) is 0 Å². The minimum atomic E-state index is -3.77. The Morgan fingerprint density at radius 3 is 2.65 bits per heavy atom. The lowest BCUT2D eigenvalue weighted by atomic mass is 10.0. The Morgan fingerprint density at radius 1 is 1.27 bits per heavy atom. The Labute approximate surface area is 160 Å². The van der Waals surface area contributed by atoms with Crippen molar-refractivity contribution in [1.29, 1.82) is 0 Å². The lowest BCUT2D eigenvalue weighted by molar-refractivity contribution is -0.114. The predicted octanol–water partition coefficient (Wildman–Crippen LogP) is 3.98. The molecule has 0 atom stereocenters. The fraction of sp³-hybridized carbons (Fsp3) is 0.167. The van der Waals surface area contributed by atoms with Gasteiger partial charge < -0.3 is 10.1 Å². The van der Waals surface area contributed by atoms with Crippen molar-refractivity contribution in [3.05, 3.63) is 70.9 Å². The minimum Gasteiger partial charge on any atom is -0.462 e. The number of nitrogens with one attached hydrogen (secondary N) is 1. The van der Waals surface area contributed by atoms with Crippen molar-refractivity contribution in [2.45, 2.75) is 24.7 Å². The number of ether oxygens (including phenoxy) is 1. The molecule has 2 aliphatic rings. The number of nitrogens with zero attached hydrogens (tertiary/aromatic N) is 1. The van der Waals surface area contributed by atoms with E-state index in [1.165, 1.54) is 37.7 Å². The van der Waals surface area contributed by atoms with Crippen molar-refractivity contribution in [2.24, 2.45) is 0 Å². The molecular weight excluding hydrogens is 420 g/mol. The van der Waals surface area contributed by atoms with Gasteiger partial charge in [-0.1, -0.05) is 28.1 Å². The maximum Gasteiger partial charge on any atom is 0.267 e. The van der Waals surface area contributed by atoms with E-state index in [1.807, 2.05) is 12.2 Å². The third-order valence-corrected chi connectivity index (χ3v) is 6.20. The molecule has 0 aromatic heterocycles. The summed E-state index contributed by atoms with van der Waals surface area (Å²) in [5.74, 6) is 0.270. The number of halogens is 1. The fourth-order valence-electron chi connectivity index (χ4n) is 2.56. The maximum absolute atomic E-state index is 12.9. The molecule has 6 nitrogen and oxygen atoms in total. The van der Waals surface area contributed by atoms with Crippen molar-refractivity contribution >= 4 is 37.5 Å². The largest absolute Gasteiger partial charge is 0.462 e. The summed E-state index contributed by atoms with van der Waals surface area (Å²) in [6, 6.07) is 6.01. The Morgan fingerprint density at radius 2 is 2.00 bits per heavy atom. The van der Waals surface area contributed by atoms with Crippen LogP contribution in [0.15, 0.2) is 75.8 Å². The third-order valence-electron chi connectivity index (χ3n) is 3.81. The molecule has 26 heavy (non-hydrogen) atoms. The second-order valence-corrected chi connectivity index (χ2v) is 8.40. The summed E-state index contributed by atoms with van der Waals surface area (Å²) in [5, 5.41) is 2.61. The Balaban J connectivity index is 1.89. The number of carbonyl (C=O) groups excluding carboxylic acids is 1. The molecule has 0 fully saturated rings. The topological polar surface area (TPSA) is 75.7 Å². The van der Waals surface area contributed by atoms with Crippen LogP contribution in [-0.2, 0) is 19.6 Å². The lowest BCUT2D eigenvalue weighted by Gasteiger charge is -2.23. The zero-order chi connectivity index (χ0) is 18.7. The molecule has 0 spiro atoms. The van der Waals surface area contributed by atoms with E-state index in [4.69, 9.17) is 4.74 Å². The highest BCUT2D eigenvalue weighted by atomic mass is 79.9. The van der Waals surface area contributed by atoms with Gasteiger partial charge in [0.2, 0.25) is 5.91 Å². The summed E-state index contributed by atoms with van der Waals surface area (Å²) in [6.45, 7) is 1.39. The molecule has 0 bridgehead atoms. The second-order valence-electron chi connectivity index (χ2n) is 5.70. The van der Waals surface area contributed by atoms with E-state index in [0.29, 0.717) is 11.4 Å². The van der Waals surface area contributed by atoms with Crippen LogP contribution in [-0.4, -0.2) is 18.6 Å². The molecule has 1 N–H and O–H groups in total. The van der Waals surface area contributed by atoms with Crippen LogP contribution in [0, 0.1) is 0 Å². The third kappa shape index (κ3) is 3.91. The molecule has 0 radical (unpaired) electrons. The summed E-state index contributed by atoms with van der Waals surface area (Å²) < 4.78 is 33.3. The molecule has 1 aromatic rings. The van der Waals surface area contributed by atoms with Crippen LogP contribution in [0.25, 0.3) is 0 Å². The van der Waals surface area contributed by atoms with E-state index in [-0.39, 0.29) is 10.8 Å². The second kappa shape index (κ2) is 7.51. The van der Waals surface area contributed by atoms with Crippen LogP contribution in [0.2, 0.25) is 0 Å². The zero-order valence-electron chi connectivity index (χ0n) is 14.0. The van der Waals surface area contributed by atoms with Crippen molar-refractivity contribution in [3.63, 3.8) is 0 Å². The molecule has 1 aromatic carbocycles. The first-order valence-corrected chi connectivity index (χ1v) is 10.1.